The van der Waals surface area contributed by atoms with Crippen LogP contribution in [0, 0.1) is 0 Å². The quantitative estimate of drug-likeness (QED) is 0.861. The highest BCUT2D eigenvalue weighted by Gasteiger charge is 2.50. The molecule has 1 atom stereocenters. The van der Waals surface area contributed by atoms with Crippen molar-refractivity contribution in [2.24, 2.45) is 5.73 Å². The van der Waals surface area contributed by atoms with Gasteiger partial charge in [0.2, 0.25) is 0 Å². The van der Waals surface area contributed by atoms with Gasteiger partial charge >= 0.3 is 0 Å². The van der Waals surface area contributed by atoms with Crippen LogP contribution in [0.15, 0.2) is 54.6 Å². The fourth-order valence-electron chi connectivity index (χ4n) is 3.06. The van der Waals surface area contributed by atoms with Gasteiger partial charge < -0.3 is 10.5 Å². The van der Waals surface area contributed by atoms with E-state index in [1.54, 1.807) is 0 Å². The molecule has 0 amide bonds. The molecule has 2 aromatic carbocycles. The minimum absolute atomic E-state index is 0.00652. The minimum atomic E-state index is -0.00652. The number of rotatable bonds is 6. The maximum Gasteiger partial charge on any atom is 0.124 e. The summed E-state index contributed by atoms with van der Waals surface area (Å²) in [5.41, 5.74) is 9.23. The normalized spacial score (nSPS) is 17.2. The Morgan fingerprint density at radius 1 is 1.05 bits per heavy atom. The molecule has 1 fully saturated rings. The second kappa shape index (κ2) is 5.90. The lowest BCUT2D eigenvalue weighted by atomic mass is 9.84. The average molecular weight is 281 g/mol. The predicted octanol–water partition coefficient (Wildman–Crippen LogP) is 4.21. The van der Waals surface area contributed by atoms with Gasteiger partial charge in [-0.15, -0.1) is 0 Å². The molecule has 2 aromatic rings. The van der Waals surface area contributed by atoms with Crippen molar-refractivity contribution < 1.29 is 4.74 Å². The van der Waals surface area contributed by atoms with Crippen molar-refractivity contribution in [1.82, 2.24) is 0 Å². The van der Waals surface area contributed by atoms with E-state index in [1.807, 2.05) is 12.1 Å². The second-order valence-electron chi connectivity index (χ2n) is 5.89. The van der Waals surface area contributed by atoms with Crippen LogP contribution in [0.3, 0.4) is 0 Å². The summed E-state index contributed by atoms with van der Waals surface area (Å²) in [5, 5.41) is 0. The largest absolute Gasteiger partial charge is 0.493 e. The summed E-state index contributed by atoms with van der Waals surface area (Å²) in [6, 6.07) is 18.9. The first-order valence-electron chi connectivity index (χ1n) is 7.81. The molecule has 2 heteroatoms. The zero-order valence-corrected chi connectivity index (χ0v) is 12.6. The van der Waals surface area contributed by atoms with Crippen LogP contribution in [0.2, 0.25) is 0 Å². The van der Waals surface area contributed by atoms with E-state index in [4.69, 9.17) is 10.5 Å². The summed E-state index contributed by atoms with van der Waals surface area (Å²) < 4.78 is 5.89. The Labute approximate surface area is 126 Å². The first-order valence-corrected chi connectivity index (χ1v) is 7.81. The fourth-order valence-corrected chi connectivity index (χ4v) is 3.06. The molecule has 21 heavy (non-hydrogen) atoms. The number of hydrogen-bond acceptors (Lipinski definition) is 2. The SMILES string of the molecule is CCCOc1ccccc1C(N)C1(c2ccccc2)CC1. The molecule has 0 saturated heterocycles. The van der Waals surface area contributed by atoms with Crippen LogP contribution >= 0.6 is 0 Å². The average Bonchev–Trinajstić information content (AvgIpc) is 3.35. The first-order chi connectivity index (χ1) is 10.3. The lowest BCUT2D eigenvalue weighted by Crippen LogP contribution is -2.27. The van der Waals surface area contributed by atoms with Gasteiger partial charge in [-0.1, -0.05) is 55.5 Å². The Bertz CT molecular complexity index is 590. The van der Waals surface area contributed by atoms with Gasteiger partial charge in [-0.2, -0.15) is 0 Å². The Morgan fingerprint density at radius 3 is 2.38 bits per heavy atom. The van der Waals surface area contributed by atoms with E-state index in [2.05, 4.69) is 49.4 Å². The van der Waals surface area contributed by atoms with E-state index in [0.717, 1.165) is 37.2 Å². The Hall–Kier alpha value is -1.80. The number of para-hydroxylation sites is 1. The monoisotopic (exact) mass is 281 g/mol. The van der Waals surface area contributed by atoms with Gasteiger partial charge in [0.25, 0.3) is 0 Å². The van der Waals surface area contributed by atoms with Crippen molar-refractivity contribution in [3.63, 3.8) is 0 Å². The Kier molecular flexibility index (Phi) is 3.98. The van der Waals surface area contributed by atoms with E-state index in [-0.39, 0.29) is 11.5 Å². The molecule has 0 heterocycles. The smallest absolute Gasteiger partial charge is 0.124 e. The number of nitrogens with two attached hydrogens (primary N) is 1. The molecule has 0 radical (unpaired) electrons. The van der Waals surface area contributed by atoms with Crippen LogP contribution in [0.25, 0.3) is 0 Å². The summed E-state index contributed by atoms with van der Waals surface area (Å²) in [7, 11) is 0. The van der Waals surface area contributed by atoms with Crippen LogP contribution < -0.4 is 10.5 Å². The van der Waals surface area contributed by atoms with Gasteiger partial charge in [0.05, 0.1) is 6.61 Å². The molecule has 1 aliphatic rings. The minimum Gasteiger partial charge on any atom is -0.493 e. The van der Waals surface area contributed by atoms with Gasteiger partial charge in [-0.05, 0) is 30.9 Å². The molecule has 0 spiro atoms. The molecule has 2 nitrogen and oxygen atoms in total. The molecule has 3 rings (SSSR count). The van der Waals surface area contributed by atoms with E-state index < -0.39 is 0 Å². The van der Waals surface area contributed by atoms with Crippen molar-refractivity contribution in [3.8, 4) is 5.75 Å². The lowest BCUT2D eigenvalue weighted by Gasteiger charge is -2.26. The van der Waals surface area contributed by atoms with Crippen LogP contribution in [0.1, 0.15) is 43.4 Å². The highest BCUT2D eigenvalue weighted by molar-refractivity contribution is 5.43. The third-order valence-electron chi connectivity index (χ3n) is 4.45. The highest BCUT2D eigenvalue weighted by Crippen LogP contribution is 2.56. The fraction of sp³-hybridized carbons (Fsp3) is 0.368. The Balaban J connectivity index is 1.90. The molecular weight excluding hydrogens is 258 g/mol. The maximum atomic E-state index is 6.66. The highest BCUT2D eigenvalue weighted by atomic mass is 16.5. The number of benzene rings is 2. The van der Waals surface area contributed by atoms with Crippen LogP contribution in [-0.2, 0) is 5.41 Å². The lowest BCUT2D eigenvalue weighted by molar-refractivity contribution is 0.310. The molecule has 110 valence electrons. The summed E-state index contributed by atoms with van der Waals surface area (Å²) in [5.74, 6) is 0.939. The molecule has 0 aliphatic heterocycles. The summed E-state index contributed by atoms with van der Waals surface area (Å²) in [6.45, 7) is 2.86. The van der Waals surface area contributed by atoms with Crippen molar-refractivity contribution in [2.45, 2.75) is 37.6 Å². The molecule has 1 saturated carbocycles. The van der Waals surface area contributed by atoms with Crippen molar-refractivity contribution in [1.29, 1.82) is 0 Å². The summed E-state index contributed by atoms with van der Waals surface area (Å²) >= 11 is 0. The molecule has 1 aliphatic carbocycles. The topological polar surface area (TPSA) is 35.2 Å². The third-order valence-corrected chi connectivity index (χ3v) is 4.45. The molecule has 0 aromatic heterocycles. The van der Waals surface area contributed by atoms with Gasteiger partial charge in [-0.25, -0.2) is 0 Å². The maximum absolute atomic E-state index is 6.66. The molecular formula is C19H23NO. The van der Waals surface area contributed by atoms with Crippen molar-refractivity contribution >= 4 is 0 Å². The standard InChI is InChI=1S/C19H23NO/c1-2-14-21-17-11-7-6-10-16(17)18(20)19(12-13-19)15-8-4-3-5-9-15/h3-11,18H,2,12-14,20H2,1H3. The van der Waals surface area contributed by atoms with E-state index in [0.29, 0.717) is 0 Å². The van der Waals surface area contributed by atoms with Crippen LogP contribution in [0.4, 0.5) is 0 Å². The zero-order chi connectivity index (χ0) is 14.7. The zero-order valence-electron chi connectivity index (χ0n) is 12.6. The van der Waals surface area contributed by atoms with Gasteiger partial charge in [-0.3, -0.25) is 0 Å². The number of ether oxygens (including phenoxy) is 1. The molecule has 1 unspecified atom stereocenters. The Morgan fingerprint density at radius 2 is 1.71 bits per heavy atom. The molecule has 2 N–H and O–H groups in total. The predicted molar refractivity (Wildman–Crippen MR) is 86.5 cm³/mol. The van der Waals surface area contributed by atoms with E-state index >= 15 is 0 Å². The summed E-state index contributed by atoms with van der Waals surface area (Å²) in [6.07, 6.45) is 3.31. The van der Waals surface area contributed by atoms with Crippen molar-refractivity contribution in [2.75, 3.05) is 6.61 Å². The second-order valence-corrected chi connectivity index (χ2v) is 5.89. The van der Waals surface area contributed by atoms with Crippen LogP contribution in [0.5, 0.6) is 5.75 Å². The number of hydrogen-bond donors (Lipinski definition) is 1. The van der Waals surface area contributed by atoms with E-state index in [9.17, 15) is 0 Å². The summed E-state index contributed by atoms with van der Waals surface area (Å²) in [4.78, 5) is 0. The van der Waals surface area contributed by atoms with Crippen LogP contribution in [-0.4, -0.2) is 6.61 Å². The van der Waals surface area contributed by atoms with Gasteiger partial charge in [0.1, 0.15) is 5.75 Å². The molecule has 0 bridgehead atoms. The third kappa shape index (κ3) is 2.68. The van der Waals surface area contributed by atoms with Gasteiger partial charge in [0, 0.05) is 17.0 Å². The first kappa shape index (κ1) is 14.2. The van der Waals surface area contributed by atoms with Crippen molar-refractivity contribution in [3.05, 3.63) is 65.7 Å². The van der Waals surface area contributed by atoms with E-state index in [1.165, 1.54) is 5.56 Å². The van der Waals surface area contributed by atoms with Gasteiger partial charge in [0.15, 0.2) is 0 Å².